The molecule has 0 saturated carbocycles. The number of nitrogens with zero attached hydrogens (tertiary/aromatic N) is 1. The van der Waals surface area contributed by atoms with Gasteiger partial charge in [0.15, 0.2) is 0 Å². The van der Waals surface area contributed by atoms with Crippen LogP contribution in [0.15, 0.2) is 0 Å². The van der Waals surface area contributed by atoms with Crippen molar-refractivity contribution in [3.63, 3.8) is 0 Å². The van der Waals surface area contributed by atoms with Crippen LogP contribution in [0.2, 0.25) is 0 Å². The molecule has 0 aromatic heterocycles. The van der Waals surface area contributed by atoms with E-state index in [2.05, 4.69) is 5.32 Å². The van der Waals surface area contributed by atoms with Gasteiger partial charge in [-0.15, -0.1) is 0 Å². The van der Waals surface area contributed by atoms with Crippen LogP contribution in [0.25, 0.3) is 0 Å². The maximum atomic E-state index is 12.0. The van der Waals surface area contributed by atoms with Crippen molar-refractivity contribution in [2.45, 2.75) is 63.7 Å². The van der Waals surface area contributed by atoms with Gasteiger partial charge < -0.3 is 24.8 Å². The summed E-state index contributed by atoms with van der Waals surface area (Å²) in [5.74, 6) is 0. The van der Waals surface area contributed by atoms with Crippen molar-refractivity contribution in [3.05, 3.63) is 0 Å². The first-order chi connectivity index (χ1) is 10.3. The van der Waals surface area contributed by atoms with E-state index >= 15 is 0 Å². The summed E-state index contributed by atoms with van der Waals surface area (Å²) in [7, 11) is 0. The molecule has 2 N–H and O–H groups in total. The number of amides is 1. The van der Waals surface area contributed by atoms with Crippen molar-refractivity contribution < 1.29 is 19.4 Å². The normalized spacial score (nSPS) is 23.4. The van der Waals surface area contributed by atoms with Gasteiger partial charge in [0.2, 0.25) is 0 Å². The first-order valence-electron chi connectivity index (χ1n) is 8.29. The van der Waals surface area contributed by atoms with Gasteiger partial charge in [-0.2, -0.15) is 0 Å². The van der Waals surface area contributed by atoms with Gasteiger partial charge in [-0.25, -0.2) is 4.79 Å². The predicted octanol–water partition coefficient (Wildman–Crippen LogP) is 1.52. The zero-order chi connectivity index (χ0) is 16.2. The van der Waals surface area contributed by atoms with E-state index in [4.69, 9.17) is 9.47 Å². The van der Waals surface area contributed by atoms with E-state index in [-0.39, 0.29) is 6.09 Å². The largest absolute Gasteiger partial charge is 0.444 e. The highest BCUT2D eigenvalue weighted by molar-refractivity contribution is 5.68. The maximum absolute atomic E-state index is 12.0. The second-order valence-electron chi connectivity index (χ2n) is 7.46. The molecule has 0 spiro atoms. The van der Waals surface area contributed by atoms with Crippen LogP contribution in [-0.2, 0) is 9.47 Å². The summed E-state index contributed by atoms with van der Waals surface area (Å²) in [6, 6.07) is 0.432. The smallest absolute Gasteiger partial charge is 0.410 e. The van der Waals surface area contributed by atoms with Crippen molar-refractivity contribution in [1.82, 2.24) is 10.2 Å². The molecule has 6 nitrogen and oxygen atoms in total. The van der Waals surface area contributed by atoms with Crippen molar-refractivity contribution in [2.24, 2.45) is 0 Å². The first-order valence-corrected chi connectivity index (χ1v) is 8.29. The van der Waals surface area contributed by atoms with E-state index in [0.29, 0.717) is 38.5 Å². The van der Waals surface area contributed by atoms with Crippen molar-refractivity contribution in [3.8, 4) is 0 Å². The van der Waals surface area contributed by atoms with Gasteiger partial charge in [-0.1, -0.05) is 0 Å². The lowest BCUT2D eigenvalue weighted by Crippen LogP contribution is -2.53. The molecule has 22 heavy (non-hydrogen) atoms. The lowest BCUT2D eigenvalue weighted by molar-refractivity contribution is -0.0344. The zero-order valence-electron chi connectivity index (χ0n) is 14.1. The van der Waals surface area contributed by atoms with Gasteiger partial charge in [0.1, 0.15) is 5.60 Å². The zero-order valence-corrected chi connectivity index (χ0v) is 14.1. The van der Waals surface area contributed by atoms with E-state index in [9.17, 15) is 9.90 Å². The highest BCUT2D eigenvalue weighted by atomic mass is 16.6. The number of likely N-dealkylation sites (tertiary alicyclic amines) is 1. The van der Waals surface area contributed by atoms with Crippen molar-refractivity contribution in [1.29, 1.82) is 0 Å². The van der Waals surface area contributed by atoms with Gasteiger partial charge in [0, 0.05) is 38.9 Å². The van der Waals surface area contributed by atoms with Gasteiger partial charge in [0.05, 0.1) is 5.60 Å². The number of ether oxygens (including phenoxy) is 2. The van der Waals surface area contributed by atoms with Gasteiger partial charge in [0.25, 0.3) is 0 Å². The average molecular weight is 314 g/mol. The van der Waals surface area contributed by atoms with Crippen LogP contribution in [0.5, 0.6) is 0 Å². The Morgan fingerprint density at radius 3 is 2.45 bits per heavy atom. The monoisotopic (exact) mass is 314 g/mol. The Balaban J connectivity index is 1.74. The topological polar surface area (TPSA) is 71.0 Å². The molecule has 2 saturated heterocycles. The lowest BCUT2D eigenvalue weighted by Gasteiger charge is -2.39. The summed E-state index contributed by atoms with van der Waals surface area (Å²) >= 11 is 0. The third-order valence-electron chi connectivity index (χ3n) is 4.29. The number of rotatable bonds is 3. The Kier molecular flexibility index (Phi) is 5.69. The van der Waals surface area contributed by atoms with Gasteiger partial charge >= 0.3 is 6.09 Å². The van der Waals surface area contributed by atoms with Gasteiger partial charge in [-0.05, 0) is 46.5 Å². The number of carbonyl (C=O) groups excluding carboxylic acids is 1. The Morgan fingerprint density at radius 2 is 1.91 bits per heavy atom. The lowest BCUT2D eigenvalue weighted by atomic mass is 9.91. The molecule has 6 heteroatoms. The Hall–Kier alpha value is -0.850. The van der Waals surface area contributed by atoms with Crippen molar-refractivity contribution >= 4 is 6.09 Å². The molecule has 0 aromatic carbocycles. The summed E-state index contributed by atoms with van der Waals surface area (Å²) in [5.41, 5.74) is -1.20. The van der Waals surface area contributed by atoms with E-state index in [1.807, 2.05) is 20.8 Å². The number of hydrogen-bond donors (Lipinski definition) is 2. The van der Waals surface area contributed by atoms with E-state index in [1.54, 1.807) is 4.90 Å². The molecule has 0 bridgehead atoms. The van der Waals surface area contributed by atoms with Crippen LogP contribution in [0, 0.1) is 0 Å². The number of piperidine rings is 1. The summed E-state index contributed by atoms with van der Waals surface area (Å²) < 4.78 is 10.7. The second-order valence-corrected chi connectivity index (χ2v) is 7.46. The van der Waals surface area contributed by atoms with Crippen LogP contribution in [0.1, 0.15) is 46.5 Å². The minimum Gasteiger partial charge on any atom is -0.444 e. The molecular formula is C16H30N2O4. The van der Waals surface area contributed by atoms with Crippen molar-refractivity contribution in [2.75, 3.05) is 32.8 Å². The highest BCUT2D eigenvalue weighted by Gasteiger charge is 2.35. The number of carbonyl (C=O) groups is 1. The van der Waals surface area contributed by atoms with E-state index in [1.165, 1.54) is 0 Å². The predicted molar refractivity (Wildman–Crippen MR) is 83.8 cm³/mol. The molecule has 0 aliphatic carbocycles. The van der Waals surface area contributed by atoms with Crippen LogP contribution in [0.4, 0.5) is 4.79 Å². The molecule has 2 rings (SSSR count). The summed E-state index contributed by atoms with van der Waals surface area (Å²) in [6.07, 6.45) is 2.89. The SMILES string of the molecule is CC(C)(C)OC(=O)N1CCC(O)(CNC2CCOCC2)CC1. The molecule has 0 radical (unpaired) electrons. The molecule has 0 aromatic rings. The molecule has 128 valence electrons. The number of hydrogen-bond acceptors (Lipinski definition) is 5. The standard InChI is InChI=1S/C16H30N2O4/c1-15(2,3)22-14(19)18-8-6-16(20,7-9-18)12-17-13-4-10-21-11-5-13/h13,17,20H,4-12H2,1-3H3. The van der Waals surface area contributed by atoms with Crippen LogP contribution >= 0.6 is 0 Å². The third-order valence-corrected chi connectivity index (χ3v) is 4.29. The fraction of sp³-hybridized carbons (Fsp3) is 0.938. The van der Waals surface area contributed by atoms with Crippen LogP contribution < -0.4 is 5.32 Å². The van der Waals surface area contributed by atoms with E-state index in [0.717, 1.165) is 26.1 Å². The Morgan fingerprint density at radius 1 is 1.32 bits per heavy atom. The summed E-state index contributed by atoms with van der Waals surface area (Å²) in [6.45, 7) is 8.85. The molecule has 2 aliphatic rings. The highest BCUT2D eigenvalue weighted by Crippen LogP contribution is 2.23. The molecule has 1 amide bonds. The maximum Gasteiger partial charge on any atom is 0.410 e. The Bertz CT molecular complexity index is 367. The van der Waals surface area contributed by atoms with Crippen LogP contribution in [-0.4, -0.2) is 66.2 Å². The summed E-state index contributed by atoms with van der Waals surface area (Å²) in [4.78, 5) is 13.7. The minimum absolute atomic E-state index is 0.285. The summed E-state index contributed by atoms with van der Waals surface area (Å²) in [5, 5.41) is 14.1. The van der Waals surface area contributed by atoms with Crippen LogP contribution in [0.3, 0.4) is 0 Å². The molecular weight excluding hydrogens is 284 g/mol. The fourth-order valence-corrected chi connectivity index (χ4v) is 2.84. The average Bonchev–Trinajstić information content (AvgIpc) is 2.45. The third kappa shape index (κ3) is 5.41. The minimum atomic E-state index is -0.725. The second kappa shape index (κ2) is 7.15. The quantitative estimate of drug-likeness (QED) is 0.826. The molecule has 2 aliphatic heterocycles. The van der Waals surface area contributed by atoms with E-state index < -0.39 is 11.2 Å². The number of nitrogens with one attached hydrogen (secondary N) is 1. The van der Waals surface area contributed by atoms with Gasteiger partial charge in [-0.3, -0.25) is 0 Å². The molecule has 2 heterocycles. The number of aliphatic hydroxyl groups is 1. The molecule has 0 atom stereocenters. The molecule has 0 unspecified atom stereocenters. The Labute approximate surface area is 133 Å². The fourth-order valence-electron chi connectivity index (χ4n) is 2.84. The molecule has 2 fully saturated rings. The first kappa shape index (κ1) is 17.5.